The van der Waals surface area contributed by atoms with Crippen LogP contribution in [-0.4, -0.2) is 40.0 Å². The minimum Gasteiger partial charge on any atom is -0.367 e. The molecule has 0 radical (unpaired) electrons. The molecule has 2 aliphatic rings. The molecular weight excluding hydrogens is 421 g/mol. The zero-order valence-corrected chi connectivity index (χ0v) is 18.5. The van der Waals surface area contributed by atoms with Crippen molar-refractivity contribution in [3.8, 4) is 0 Å². The van der Waals surface area contributed by atoms with Crippen molar-refractivity contribution in [1.29, 1.82) is 0 Å². The quantitative estimate of drug-likeness (QED) is 0.718. The van der Waals surface area contributed by atoms with Gasteiger partial charge in [0.1, 0.15) is 23.4 Å². The molecule has 0 aromatic carbocycles. The minimum absolute atomic E-state index is 0.0424. The summed E-state index contributed by atoms with van der Waals surface area (Å²) >= 11 is 0. The number of aryl methyl sites for hydroxylation is 1. The maximum Gasteiger partial charge on any atom is 0.417 e. The number of nitrogens with zero attached hydrogens (tertiary/aromatic N) is 4. The first kappa shape index (κ1) is 22.3. The number of amides is 1. The number of alkyl halides is 3. The molecule has 3 heterocycles. The van der Waals surface area contributed by atoms with E-state index in [4.69, 9.17) is 4.98 Å². The second-order valence-electron chi connectivity index (χ2n) is 9.03. The van der Waals surface area contributed by atoms with Gasteiger partial charge in [-0.3, -0.25) is 4.79 Å². The molecule has 0 saturated heterocycles. The second-order valence-corrected chi connectivity index (χ2v) is 9.03. The zero-order chi connectivity index (χ0) is 23.2. The Hall–Kier alpha value is -2.91. The average molecular weight is 448 g/mol. The van der Waals surface area contributed by atoms with Gasteiger partial charge in [0, 0.05) is 25.7 Å². The summed E-state index contributed by atoms with van der Waals surface area (Å²) < 4.78 is 38.0. The molecule has 1 amide bonds. The number of fused-ring (bicyclic) bond motifs is 1. The van der Waals surface area contributed by atoms with Crippen LogP contribution in [-0.2, 0) is 17.4 Å². The van der Waals surface area contributed by atoms with Gasteiger partial charge in [-0.15, -0.1) is 0 Å². The summed E-state index contributed by atoms with van der Waals surface area (Å²) in [5, 5.41) is 6.14. The van der Waals surface area contributed by atoms with E-state index in [2.05, 4.69) is 20.6 Å². The van der Waals surface area contributed by atoms with Crippen molar-refractivity contribution in [2.75, 3.05) is 22.6 Å². The van der Waals surface area contributed by atoms with Crippen LogP contribution in [0.3, 0.4) is 0 Å². The van der Waals surface area contributed by atoms with Gasteiger partial charge >= 0.3 is 6.18 Å². The number of carbonyl (C=O) groups is 1. The molecule has 10 heteroatoms. The summed E-state index contributed by atoms with van der Waals surface area (Å²) in [6.07, 6.45) is -1.10. The Morgan fingerprint density at radius 2 is 1.97 bits per heavy atom. The summed E-state index contributed by atoms with van der Waals surface area (Å²) in [6, 6.07) is 2.28. The number of hydrogen-bond acceptors (Lipinski definition) is 6. The third kappa shape index (κ3) is 4.35. The molecule has 2 aromatic rings. The molecule has 172 valence electrons. The number of halogens is 3. The Morgan fingerprint density at radius 3 is 2.56 bits per heavy atom. The van der Waals surface area contributed by atoms with Crippen LogP contribution in [0.2, 0.25) is 0 Å². The lowest BCUT2D eigenvalue weighted by Gasteiger charge is -2.38. The second kappa shape index (κ2) is 8.22. The number of rotatable bonds is 5. The number of carbonyl (C=O) groups excluding carboxylic acids is 1. The molecular formula is C22H27F3N6O. The Morgan fingerprint density at radius 1 is 1.25 bits per heavy atom. The van der Waals surface area contributed by atoms with Crippen molar-refractivity contribution >= 4 is 23.2 Å². The highest BCUT2D eigenvalue weighted by atomic mass is 19.4. The summed E-state index contributed by atoms with van der Waals surface area (Å²) in [5.74, 6) is 2.41. The third-order valence-corrected chi connectivity index (χ3v) is 6.17. The van der Waals surface area contributed by atoms with E-state index in [1.807, 2.05) is 32.7 Å². The van der Waals surface area contributed by atoms with Crippen molar-refractivity contribution in [1.82, 2.24) is 15.0 Å². The molecule has 7 nitrogen and oxygen atoms in total. The summed E-state index contributed by atoms with van der Waals surface area (Å²) in [4.78, 5) is 27.6. The van der Waals surface area contributed by atoms with E-state index >= 15 is 0 Å². The van der Waals surface area contributed by atoms with E-state index in [0.29, 0.717) is 23.8 Å². The Bertz CT molecular complexity index is 1000. The zero-order valence-electron chi connectivity index (χ0n) is 18.5. The van der Waals surface area contributed by atoms with Crippen molar-refractivity contribution in [3.05, 3.63) is 35.4 Å². The first-order valence-corrected chi connectivity index (χ1v) is 10.7. The first-order valence-electron chi connectivity index (χ1n) is 10.7. The normalized spacial score (nSPS) is 22.9. The highest BCUT2D eigenvalue weighted by molar-refractivity contribution is 6.03. The van der Waals surface area contributed by atoms with Crippen LogP contribution < -0.4 is 15.5 Å². The molecule has 2 aromatic heterocycles. The summed E-state index contributed by atoms with van der Waals surface area (Å²) in [7, 11) is 1.89. The minimum atomic E-state index is -4.38. The van der Waals surface area contributed by atoms with E-state index < -0.39 is 11.7 Å². The van der Waals surface area contributed by atoms with Crippen LogP contribution in [0.25, 0.3) is 0 Å². The van der Waals surface area contributed by atoms with E-state index in [-0.39, 0.29) is 23.9 Å². The van der Waals surface area contributed by atoms with Gasteiger partial charge in [0.2, 0.25) is 5.91 Å². The van der Waals surface area contributed by atoms with E-state index in [0.717, 1.165) is 42.4 Å². The van der Waals surface area contributed by atoms with E-state index in [1.165, 1.54) is 6.07 Å². The predicted octanol–water partition coefficient (Wildman–Crippen LogP) is 4.04. The molecule has 2 N–H and O–H groups in total. The van der Waals surface area contributed by atoms with Crippen LogP contribution in [0.4, 0.5) is 30.5 Å². The largest absolute Gasteiger partial charge is 0.417 e. The molecule has 0 spiro atoms. The topological polar surface area (TPSA) is 83.0 Å². The molecule has 0 bridgehead atoms. The first-order chi connectivity index (χ1) is 15.0. The maximum absolute atomic E-state index is 12.7. The van der Waals surface area contributed by atoms with Gasteiger partial charge in [-0.05, 0) is 43.7 Å². The van der Waals surface area contributed by atoms with Gasteiger partial charge in [0.25, 0.3) is 0 Å². The number of nitrogens with one attached hydrogen (secondary N) is 2. The SMILES string of the molecule is Cc1nc(CC2CC(Nc3ccc(C(F)(F)F)cn3)C2)nc2c1NC(=O)[C@H](C(C)C)N2C. The van der Waals surface area contributed by atoms with Crippen molar-refractivity contribution in [2.45, 2.75) is 58.3 Å². The predicted molar refractivity (Wildman–Crippen MR) is 116 cm³/mol. The summed E-state index contributed by atoms with van der Waals surface area (Å²) in [5.41, 5.74) is 0.658. The van der Waals surface area contributed by atoms with Crippen LogP contribution in [0, 0.1) is 18.8 Å². The van der Waals surface area contributed by atoms with Crippen molar-refractivity contribution in [2.24, 2.45) is 11.8 Å². The number of likely N-dealkylation sites (N-methyl/N-ethyl adjacent to an activating group) is 1. The number of aromatic nitrogens is 3. The lowest BCUT2D eigenvalue weighted by molar-refractivity contribution is -0.137. The van der Waals surface area contributed by atoms with Crippen molar-refractivity contribution in [3.63, 3.8) is 0 Å². The lowest BCUT2D eigenvalue weighted by Crippen LogP contribution is -2.50. The molecule has 0 unspecified atom stereocenters. The number of anilines is 3. The van der Waals surface area contributed by atoms with Crippen molar-refractivity contribution < 1.29 is 18.0 Å². The standard InChI is InChI=1S/C22H27F3N6O/c1-11(2)19-21(32)30-18-12(3)27-17(29-20(18)31(19)4)9-13-7-15(8-13)28-16-6-5-14(10-26-16)22(23,24)25/h5-6,10-11,13,15,19H,7-9H2,1-4H3,(H,26,28)(H,30,32)/t13?,15?,19-/m0/s1. The van der Waals surface area contributed by atoms with Gasteiger partial charge in [0.05, 0.1) is 11.3 Å². The smallest absolute Gasteiger partial charge is 0.367 e. The molecule has 1 saturated carbocycles. The fraction of sp³-hybridized carbons (Fsp3) is 0.545. The van der Waals surface area contributed by atoms with Gasteiger partial charge < -0.3 is 15.5 Å². The van der Waals surface area contributed by atoms with E-state index in [1.54, 1.807) is 0 Å². The van der Waals surface area contributed by atoms with Gasteiger partial charge in [0.15, 0.2) is 5.82 Å². The van der Waals surface area contributed by atoms with Gasteiger partial charge in [-0.25, -0.2) is 15.0 Å². The van der Waals surface area contributed by atoms with E-state index in [9.17, 15) is 18.0 Å². The average Bonchev–Trinajstić information content (AvgIpc) is 2.67. The molecule has 1 fully saturated rings. The Labute approximate surface area is 184 Å². The van der Waals surface area contributed by atoms with Crippen LogP contribution in [0.15, 0.2) is 18.3 Å². The fourth-order valence-electron chi connectivity index (χ4n) is 4.50. The number of pyridine rings is 1. The van der Waals surface area contributed by atoms with Gasteiger partial charge in [-0.2, -0.15) is 13.2 Å². The molecule has 1 atom stereocenters. The lowest BCUT2D eigenvalue weighted by atomic mass is 9.78. The Kier molecular flexibility index (Phi) is 5.72. The highest BCUT2D eigenvalue weighted by Gasteiger charge is 2.36. The fourth-order valence-corrected chi connectivity index (χ4v) is 4.50. The maximum atomic E-state index is 12.7. The molecule has 1 aliphatic heterocycles. The molecule has 1 aliphatic carbocycles. The van der Waals surface area contributed by atoms with Gasteiger partial charge in [-0.1, -0.05) is 13.8 Å². The molecule has 4 rings (SSSR count). The monoisotopic (exact) mass is 448 g/mol. The van der Waals surface area contributed by atoms with Crippen LogP contribution in [0.5, 0.6) is 0 Å². The number of hydrogen-bond donors (Lipinski definition) is 2. The van der Waals surface area contributed by atoms with Crippen LogP contribution in [0.1, 0.15) is 43.8 Å². The third-order valence-electron chi connectivity index (χ3n) is 6.17. The summed E-state index contributed by atoms with van der Waals surface area (Å²) in [6.45, 7) is 5.89. The van der Waals surface area contributed by atoms with Crippen LogP contribution >= 0.6 is 0 Å². The Balaban J connectivity index is 1.37. The molecule has 32 heavy (non-hydrogen) atoms. The highest BCUT2D eigenvalue weighted by Crippen LogP contribution is 2.36.